The molecule has 3 rings (SSSR count). The molecule has 0 bridgehead atoms. The first kappa shape index (κ1) is 16.5. The summed E-state index contributed by atoms with van der Waals surface area (Å²) in [7, 11) is 3.22. The van der Waals surface area contributed by atoms with Gasteiger partial charge in [-0.05, 0) is 13.3 Å². The maximum absolute atomic E-state index is 12.4. The van der Waals surface area contributed by atoms with Gasteiger partial charge in [-0.2, -0.15) is 0 Å². The Labute approximate surface area is 140 Å². The molecular formula is C16H24N6O2. The molecule has 0 aromatic carbocycles. The van der Waals surface area contributed by atoms with E-state index in [9.17, 15) is 4.79 Å². The second-order valence-electron chi connectivity index (χ2n) is 6.16. The first-order valence-electron chi connectivity index (χ1n) is 8.21. The molecule has 3 heterocycles. The summed E-state index contributed by atoms with van der Waals surface area (Å²) in [6, 6.07) is 2.37. The Kier molecular flexibility index (Phi) is 4.57. The molecule has 8 heteroatoms. The smallest absolute Gasteiger partial charge is 0.267 e. The van der Waals surface area contributed by atoms with Crippen molar-refractivity contribution in [3.63, 3.8) is 0 Å². The van der Waals surface area contributed by atoms with Crippen LogP contribution < -0.4 is 15.8 Å². The highest BCUT2D eigenvalue weighted by Crippen LogP contribution is 2.24. The highest BCUT2D eigenvalue weighted by molar-refractivity contribution is 5.80. The summed E-state index contributed by atoms with van der Waals surface area (Å²) in [5, 5.41) is 7.30. The Balaban J connectivity index is 2.12. The van der Waals surface area contributed by atoms with Crippen LogP contribution in [0.3, 0.4) is 0 Å². The van der Waals surface area contributed by atoms with Crippen molar-refractivity contribution in [1.29, 1.82) is 0 Å². The van der Waals surface area contributed by atoms with Crippen molar-refractivity contribution in [3.05, 3.63) is 28.3 Å². The standard InChI is InChI=1S/C16H24N6O2/c1-5-12-9-21(11(2)7-17-12)14-6-15(23)20(3)22-10-13(8-18-24-4)19-16(14)22/h6,8,10-12,17H,5,7,9H2,1-4H3/t11-,12+/m0/s1. The fourth-order valence-electron chi connectivity index (χ4n) is 3.09. The van der Waals surface area contributed by atoms with Crippen LogP contribution in [0.1, 0.15) is 26.0 Å². The van der Waals surface area contributed by atoms with Gasteiger partial charge in [0.25, 0.3) is 5.56 Å². The molecule has 1 fully saturated rings. The molecule has 8 nitrogen and oxygen atoms in total. The average Bonchev–Trinajstić information content (AvgIpc) is 3.01. The molecule has 24 heavy (non-hydrogen) atoms. The summed E-state index contributed by atoms with van der Waals surface area (Å²) >= 11 is 0. The van der Waals surface area contributed by atoms with E-state index in [2.05, 4.69) is 34.2 Å². The summed E-state index contributed by atoms with van der Waals surface area (Å²) in [5.41, 5.74) is 2.19. The number of hydrogen-bond acceptors (Lipinski definition) is 6. The van der Waals surface area contributed by atoms with Crippen LogP contribution in [0.15, 0.2) is 22.2 Å². The van der Waals surface area contributed by atoms with Crippen LogP contribution in [-0.2, 0) is 11.9 Å². The Bertz CT molecular complexity index is 809. The molecule has 0 aliphatic carbocycles. The van der Waals surface area contributed by atoms with Crippen molar-refractivity contribution in [2.75, 3.05) is 25.1 Å². The van der Waals surface area contributed by atoms with Crippen molar-refractivity contribution in [1.82, 2.24) is 19.5 Å². The van der Waals surface area contributed by atoms with Gasteiger partial charge in [-0.1, -0.05) is 12.1 Å². The summed E-state index contributed by atoms with van der Waals surface area (Å²) in [5.74, 6) is 0. The molecule has 0 radical (unpaired) electrons. The van der Waals surface area contributed by atoms with E-state index in [1.807, 2.05) is 0 Å². The quantitative estimate of drug-likeness (QED) is 0.655. The maximum Gasteiger partial charge on any atom is 0.267 e. The monoisotopic (exact) mass is 332 g/mol. The number of imidazole rings is 1. The molecule has 2 aromatic heterocycles. The van der Waals surface area contributed by atoms with Gasteiger partial charge < -0.3 is 15.1 Å². The lowest BCUT2D eigenvalue weighted by Crippen LogP contribution is -2.55. The van der Waals surface area contributed by atoms with Crippen molar-refractivity contribution in [2.24, 2.45) is 12.2 Å². The van der Waals surface area contributed by atoms with Gasteiger partial charge in [0.1, 0.15) is 12.8 Å². The first-order chi connectivity index (χ1) is 11.5. The Hall–Kier alpha value is -2.35. The van der Waals surface area contributed by atoms with Gasteiger partial charge in [0.2, 0.25) is 0 Å². The summed E-state index contributed by atoms with van der Waals surface area (Å²) in [4.78, 5) is 24.0. The largest absolute Gasteiger partial charge is 0.399 e. The molecular weight excluding hydrogens is 308 g/mol. The number of nitrogens with one attached hydrogen (secondary N) is 1. The molecule has 2 atom stereocenters. The van der Waals surface area contributed by atoms with E-state index >= 15 is 0 Å². The van der Waals surface area contributed by atoms with E-state index in [1.54, 1.807) is 28.5 Å². The molecule has 2 aromatic rings. The van der Waals surface area contributed by atoms with E-state index in [0.29, 0.717) is 11.7 Å². The van der Waals surface area contributed by atoms with Gasteiger partial charge >= 0.3 is 0 Å². The number of hydrogen-bond donors (Lipinski definition) is 1. The molecule has 1 N–H and O–H groups in total. The SMILES string of the molecule is CC[C@@H]1CN(c2cc(=O)n(C)n3cc(C=NOC)nc23)[C@@H](C)CN1. The predicted octanol–water partition coefficient (Wildman–Crippen LogP) is 0.590. The van der Waals surface area contributed by atoms with Crippen molar-refractivity contribution in [2.45, 2.75) is 32.4 Å². The lowest BCUT2D eigenvalue weighted by Gasteiger charge is -2.40. The molecule has 0 spiro atoms. The fourth-order valence-corrected chi connectivity index (χ4v) is 3.09. The van der Waals surface area contributed by atoms with E-state index < -0.39 is 0 Å². The molecule has 0 saturated carbocycles. The minimum absolute atomic E-state index is 0.0658. The Morgan fingerprint density at radius 3 is 3.04 bits per heavy atom. The highest BCUT2D eigenvalue weighted by Gasteiger charge is 2.27. The van der Waals surface area contributed by atoms with E-state index in [0.717, 1.165) is 30.8 Å². The van der Waals surface area contributed by atoms with E-state index in [-0.39, 0.29) is 11.6 Å². The minimum atomic E-state index is -0.0658. The van der Waals surface area contributed by atoms with Crippen LogP contribution in [0, 0.1) is 0 Å². The van der Waals surface area contributed by atoms with Crippen LogP contribution in [0.5, 0.6) is 0 Å². The molecule has 130 valence electrons. The minimum Gasteiger partial charge on any atom is -0.399 e. The van der Waals surface area contributed by atoms with E-state index in [1.165, 1.54) is 13.3 Å². The van der Waals surface area contributed by atoms with Gasteiger partial charge in [0.15, 0.2) is 5.65 Å². The number of rotatable bonds is 4. The Morgan fingerprint density at radius 1 is 1.54 bits per heavy atom. The van der Waals surface area contributed by atoms with Crippen LogP contribution in [0.25, 0.3) is 5.65 Å². The van der Waals surface area contributed by atoms with Crippen LogP contribution >= 0.6 is 0 Å². The number of fused-ring (bicyclic) bond motifs is 1. The van der Waals surface area contributed by atoms with Crippen LogP contribution in [0.4, 0.5) is 5.69 Å². The third-order valence-corrected chi connectivity index (χ3v) is 4.58. The van der Waals surface area contributed by atoms with Crippen molar-refractivity contribution < 1.29 is 4.84 Å². The second kappa shape index (κ2) is 6.64. The van der Waals surface area contributed by atoms with Gasteiger partial charge in [-0.15, -0.1) is 0 Å². The number of aryl methyl sites for hydroxylation is 1. The van der Waals surface area contributed by atoms with Crippen LogP contribution in [0.2, 0.25) is 0 Å². The molecule has 1 aliphatic rings. The van der Waals surface area contributed by atoms with Gasteiger partial charge in [0, 0.05) is 38.3 Å². The Morgan fingerprint density at radius 2 is 2.33 bits per heavy atom. The predicted molar refractivity (Wildman–Crippen MR) is 93.9 cm³/mol. The molecule has 0 unspecified atom stereocenters. The number of piperazine rings is 1. The lowest BCUT2D eigenvalue weighted by molar-refractivity contribution is 0.215. The number of oxime groups is 1. The summed E-state index contributed by atoms with van der Waals surface area (Å²) < 4.78 is 3.31. The zero-order chi connectivity index (χ0) is 17.3. The van der Waals surface area contributed by atoms with Crippen LogP contribution in [-0.4, -0.2) is 52.7 Å². The third kappa shape index (κ3) is 2.89. The molecule has 0 amide bonds. The average molecular weight is 332 g/mol. The number of anilines is 1. The molecule has 1 aliphatic heterocycles. The molecule has 1 saturated heterocycles. The summed E-state index contributed by atoms with van der Waals surface area (Å²) in [6.45, 7) is 6.07. The number of aromatic nitrogens is 3. The van der Waals surface area contributed by atoms with Gasteiger partial charge in [0.05, 0.1) is 18.1 Å². The lowest BCUT2D eigenvalue weighted by atomic mass is 10.1. The zero-order valence-corrected chi connectivity index (χ0v) is 14.6. The number of nitrogens with zero attached hydrogens (tertiary/aromatic N) is 5. The summed E-state index contributed by atoms with van der Waals surface area (Å²) in [6.07, 6.45) is 4.37. The third-order valence-electron chi connectivity index (χ3n) is 4.58. The van der Waals surface area contributed by atoms with E-state index in [4.69, 9.17) is 4.84 Å². The van der Waals surface area contributed by atoms with Gasteiger partial charge in [-0.25, -0.2) is 14.2 Å². The second-order valence-corrected chi connectivity index (χ2v) is 6.16. The first-order valence-corrected chi connectivity index (χ1v) is 8.21. The van der Waals surface area contributed by atoms with Gasteiger partial charge in [-0.3, -0.25) is 4.79 Å². The zero-order valence-electron chi connectivity index (χ0n) is 14.6. The fraction of sp³-hybridized carbons (Fsp3) is 0.562. The van der Waals surface area contributed by atoms with Crippen molar-refractivity contribution >= 4 is 17.5 Å². The normalized spacial score (nSPS) is 21.8. The maximum atomic E-state index is 12.4. The highest BCUT2D eigenvalue weighted by atomic mass is 16.6. The van der Waals surface area contributed by atoms with Crippen molar-refractivity contribution in [3.8, 4) is 0 Å². The topological polar surface area (TPSA) is 76.2 Å².